The van der Waals surface area contributed by atoms with Crippen molar-refractivity contribution in [3.05, 3.63) is 35.4 Å². The molecule has 16 heavy (non-hydrogen) atoms. The predicted molar refractivity (Wildman–Crippen MR) is 58.5 cm³/mol. The van der Waals surface area contributed by atoms with Crippen molar-refractivity contribution in [2.75, 3.05) is 7.11 Å². The summed E-state index contributed by atoms with van der Waals surface area (Å²) in [6.45, 7) is 0.353. The maximum atomic E-state index is 11.5. The second kappa shape index (κ2) is 5.69. The molecule has 0 bridgehead atoms. The third-order valence-corrected chi connectivity index (χ3v) is 1.89. The van der Waals surface area contributed by atoms with E-state index in [1.54, 1.807) is 18.2 Å². The topological polar surface area (TPSA) is 69.4 Å². The maximum absolute atomic E-state index is 11.5. The van der Waals surface area contributed by atoms with Gasteiger partial charge in [-0.3, -0.25) is 4.79 Å². The predicted octanol–water partition coefficient (Wildman–Crippen LogP) is 0.504. The van der Waals surface area contributed by atoms with E-state index in [9.17, 15) is 9.59 Å². The highest BCUT2D eigenvalue weighted by Gasteiger charge is 2.03. The summed E-state index contributed by atoms with van der Waals surface area (Å²) < 4.78 is 4.30. The Bertz CT molecular complexity index is 469. The number of rotatable bonds is 2. The van der Waals surface area contributed by atoms with Gasteiger partial charge in [-0.05, 0) is 17.6 Å². The first-order valence-electron chi connectivity index (χ1n) is 4.60. The van der Waals surface area contributed by atoms with Crippen molar-refractivity contribution >= 4 is 11.8 Å². The number of ether oxygens (including phenoxy) is 1. The third kappa shape index (κ3) is 3.23. The second-order valence-electron chi connectivity index (χ2n) is 2.98. The van der Waals surface area contributed by atoms with Crippen LogP contribution in [0.4, 0.5) is 0 Å². The lowest BCUT2D eigenvalue weighted by molar-refractivity contribution is -0.133. The van der Waals surface area contributed by atoms with Gasteiger partial charge in [0.1, 0.15) is 0 Å². The summed E-state index contributed by atoms with van der Waals surface area (Å²) >= 11 is 0. The van der Waals surface area contributed by atoms with Gasteiger partial charge in [-0.2, -0.15) is 0 Å². The number of methoxy groups -OCH3 is 1. The molecule has 0 aliphatic rings. The van der Waals surface area contributed by atoms with Crippen LogP contribution in [-0.4, -0.2) is 18.9 Å². The lowest BCUT2D eigenvalue weighted by Crippen LogP contribution is -2.02. The van der Waals surface area contributed by atoms with E-state index in [2.05, 4.69) is 16.6 Å². The Hall–Kier alpha value is -2.12. The number of hydrogen-bond acceptors (Lipinski definition) is 4. The summed E-state index contributed by atoms with van der Waals surface area (Å²) in [5.41, 5.74) is 6.70. The van der Waals surface area contributed by atoms with Crippen LogP contribution in [0.3, 0.4) is 0 Å². The molecule has 4 heteroatoms. The Morgan fingerprint density at radius 2 is 2.12 bits per heavy atom. The molecule has 2 N–H and O–H groups in total. The van der Waals surface area contributed by atoms with Crippen LogP contribution in [0, 0.1) is 11.8 Å². The van der Waals surface area contributed by atoms with Crippen LogP contribution in [0.2, 0.25) is 0 Å². The molecule has 0 atom stereocenters. The van der Waals surface area contributed by atoms with Crippen LogP contribution in [0.5, 0.6) is 0 Å². The standard InChI is InChI=1S/C12H11NO3/c1-16-12(15)6-5-11(14)10-4-2-3-9(7-10)8-13/h2-4,7H,8,13H2,1H3. The smallest absolute Gasteiger partial charge is 0.384 e. The number of esters is 1. The van der Waals surface area contributed by atoms with Crippen molar-refractivity contribution in [2.45, 2.75) is 6.54 Å². The average Bonchev–Trinajstić information content (AvgIpc) is 2.35. The van der Waals surface area contributed by atoms with Crippen LogP contribution < -0.4 is 5.73 Å². The van der Waals surface area contributed by atoms with E-state index in [1.807, 2.05) is 6.07 Å². The molecular weight excluding hydrogens is 206 g/mol. The van der Waals surface area contributed by atoms with Crippen molar-refractivity contribution in [1.82, 2.24) is 0 Å². The molecule has 0 aliphatic carbocycles. The molecule has 0 radical (unpaired) electrons. The Labute approximate surface area is 93.4 Å². The quantitative estimate of drug-likeness (QED) is 0.257. The molecule has 0 aromatic heterocycles. The van der Waals surface area contributed by atoms with Crippen molar-refractivity contribution < 1.29 is 14.3 Å². The fourth-order valence-corrected chi connectivity index (χ4v) is 1.07. The van der Waals surface area contributed by atoms with Gasteiger partial charge in [-0.1, -0.05) is 18.2 Å². The summed E-state index contributed by atoms with van der Waals surface area (Å²) in [6.07, 6.45) is 0. The first-order valence-corrected chi connectivity index (χ1v) is 4.60. The van der Waals surface area contributed by atoms with Crippen molar-refractivity contribution in [3.8, 4) is 11.8 Å². The Morgan fingerprint density at radius 3 is 2.75 bits per heavy atom. The number of nitrogens with two attached hydrogens (primary N) is 1. The molecule has 0 aliphatic heterocycles. The highest BCUT2D eigenvalue weighted by atomic mass is 16.5. The maximum Gasteiger partial charge on any atom is 0.384 e. The molecule has 0 saturated heterocycles. The van der Waals surface area contributed by atoms with E-state index in [1.165, 1.54) is 7.11 Å². The number of carbonyl (C=O) groups is 2. The largest absolute Gasteiger partial charge is 0.459 e. The van der Waals surface area contributed by atoms with Crippen LogP contribution in [0.1, 0.15) is 15.9 Å². The number of benzene rings is 1. The fraction of sp³-hybridized carbons (Fsp3) is 0.167. The molecule has 0 spiro atoms. The first kappa shape index (κ1) is 12.0. The third-order valence-electron chi connectivity index (χ3n) is 1.89. The molecule has 0 saturated carbocycles. The van der Waals surface area contributed by atoms with Gasteiger partial charge >= 0.3 is 5.97 Å². The van der Waals surface area contributed by atoms with Gasteiger partial charge in [0.15, 0.2) is 0 Å². The SMILES string of the molecule is COC(=O)C#CC(=O)c1cccc(CN)c1. The summed E-state index contributed by atoms with van der Waals surface area (Å²) in [5.74, 6) is 3.11. The summed E-state index contributed by atoms with van der Waals surface area (Å²) in [5, 5.41) is 0. The van der Waals surface area contributed by atoms with E-state index in [4.69, 9.17) is 5.73 Å². The van der Waals surface area contributed by atoms with Gasteiger partial charge in [-0.25, -0.2) is 4.79 Å². The zero-order valence-corrected chi connectivity index (χ0v) is 8.82. The molecular formula is C12H11NO3. The van der Waals surface area contributed by atoms with E-state index >= 15 is 0 Å². The first-order chi connectivity index (χ1) is 7.67. The Morgan fingerprint density at radius 1 is 1.38 bits per heavy atom. The molecule has 0 fully saturated rings. The van der Waals surface area contributed by atoms with E-state index in [0.717, 1.165) is 5.56 Å². The number of Topliss-reactive ketones (excluding diaryl/α,β-unsaturated/α-hetero) is 1. The highest BCUT2D eigenvalue weighted by molar-refractivity contribution is 6.11. The van der Waals surface area contributed by atoms with Gasteiger partial charge < -0.3 is 10.5 Å². The number of carbonyl (C=O) groups excluding carboxylic acids is 2. The van der Waals surface area contributed by atoms with Gasteiger partial charge in [0.2, 0.25) is 5.78 Å². The van der Waals surface area contributed by atoms with E-state index < -0.39 is 11.8 Å². The number of hydrogen-bond donors (Lipinski definition) is 1. The Balaban J connectivity index is 2.87. The van der Waals surface area contributed by atoms with Gasteiger partial charge in [0.05, 0.1) is 7.11 Å². The summed E-state index contributed by atoms with van der Waals surface area (Å²) in [7, 11) is 1.20. The lowest BCUT2D eigenvalue weighted by atomic mass is 10.1. The zero-order valence-electron chi connectivity index (χ0n) is 8.82. The van der Waals surface area contributed by atoms with Crippen LogP contribution in [-0.2, 0) is 16.1 Å². The van der Waals surface area contributed by atoms with Crippen LogP contribution in [0.25, 0.3) is 0 Å². The fourth-order valence-electron chi connectivity index (χ4n) is 1.07. The Kier molecular flexibility index (Phi) is 4.25. The van der Waals surface area contributed by atoms with Crippen molar-refractivity contribution in [3.63, 3.8) is 0 Å². The van der Waals surface area contributed by atoms with Crippen LogP contribution >= 0.6 is 0 Å². The zero-order chi connectivity index (χ0) is 12.0. The molecule has 1 rings (SSSR count). The minimum Gasteiger partial charge on any atom is -0.459 e. The van der Waals surface area contributed by atoms with Crippen LogP contribution in [0.15, 0.2) is 24.3 Å². The monoisotopic (exact) mass is 217 g/mol. The molecule has 0 amide bonds. The molecule has 0 unspecified atom stereocenters. The van der Waals surface area contributed by atoms with Gasteiger partial charge in [0.25, 0.3) is 0 Å². The van der Waals surface area contributed by atoms with E-state index in [-0.39, 0.29) is 0 Å². The summed E-state index contributed by atoms with van der Waals surface area (Å²) in [6, 6.07) is 6.79. The molecule has 1 aromatic carbocycles. The average molecular weight is 217 g/mol. The molecule has 82 valence electrons. The van der Waals surface area contributed by atoms with E-state index in [0.29, 0.717) is 12.1 Å². The normalized spacial score (nSPS) is 8.88. The van der Waals surface area contributed by atoms with Crippen molar-refractivity contribution in [2.24, 2.45) is 5.73 Å². The van der Waals surface area contributed by atoms with Gasteiger partial charge in [-0.15, -0.1) is 0 Å². The second-order valence-corrected chi connectivity index (χ2v) is 2.98. The molecule has 0 heterocycles. The minimum atomic E-state index is -0.733. The highest BCUT2D eigenvalue weighted by Crippen LogP contribution is 2.04. The van der Waals surface area contributed by atoms with Gasteiger partial charge in [0, 0.05) is 18.0 Å². The number of ketones is 1. The van der Waals surface area contributed by atoms with Crippen molar-refractivity contribution in [1.29, 1.82) is 0 Å². The summed E-state index contributed by atoms with van der Waals surface area (Å²) in [4.78, 5) is 22.2. The lowest BCUT2D eigenvalue weighted by Gasteiger charge is -1.98. The molecule has 4 nitrogen and oxygen atoms in total. The minimum absolute atomic E-state index is 0.353. The molecule has 1 aromatic rings.